The van der Waals surface area contributed by atoms with E-state index >= 15 is 0 Å². The number of piperazine rings is 1. The van der Waals surface area contributed by atoms with Crippen LogP contribution in [0.3, 0.4) is 0 Å². The van der Waals surface area contributed by atoms with E-state index in [1.54, 1.807) is 0 Å². The minimum atomic E-state index is 0.0465. The summed E-state index contributed by atoms with van der Waals surface area (Å²) in [5, 5.41) is 3.84. The fraction of sp³-hybridized carbons (Fsp3) is 0.588. The van der Waals surface area contributed by atoms with Gasteiger partial charge in [-0.3, -0.25) is 9.69 Å². The van der Waals surface area contributed by atoms with Crippen molar-refractivity contribution in [1.82, 2.24) is 15.1 Å². The topological polar surface area (TPSA) is 35.6 Å². The first-order valence-electron chi connectivity index (χ1n) is 7.96. The Balaban J connectivity index is 1.89. The molecule has 2 atom stereocenters. The molecule has 0 aliphatic carbocycles. The lowest BCUT2D eigenvalue weighted by Crippen LogP contribution is -2.51. The fourth-order valence-corrected chi connectivity index (χ4v) is 3.11. The molecule has 122 valence electrons. The smallest absolute Gasteiger partial charge is 0.226 e. The van der Waals surface area contributed by atoms with Crippen molar-refractivity contribution in [3.63, 3.8) is 0 Å². The van der Waals surface area contributed by atoms with Crippen LogP contribution in [-0.4, -0.2) is 55.5 Å². The third kappa shape index (κ3) is 4.22. The largest absolute Gasteiger partial charge is 0.340 e. The summed E-state index contributed by atoms with van der Waals surface area (Å²) in [6.07, 6.45) is 0. The van der Waals surface area contributed by atoms with E-state index in [2.05, 4.69) is 29.3 Å². The van der Waals surface area contributed by atoms with Gasteiger partial charge in [-0.05, 0) is 31.7 Å². The summed E-state index contributed by atoms with van der Waals surface area (Å²) >= 11 is 5.95. The Bertz CT molecular complexity index is 483. The van der Waals surface area contributed by atoms with Crippen molar-refractivity contribution in [2.45, 2.75) is 19.9 Å². The predicted molar refractivity (Wildman–Crippen MR) is 91.1 cm³/mol. The van der Waals surface area contributed by atoms with Crippen LogP contribution in [0.15, 0.2) is 24.3 Å². The molecule has 0 radical (unpaired) electrons. The van der Waals surface area contributed by atoms with Crippen LogP contribution in [0.5, 0.6) is 0 Å². The van der Waals surface area contributed by atoms with Gasteiger partial charge < -0.3 is 10.2 Å². The van der Waals surface area contributed by atoms with Gasteiger partial charge in [0.25, 0.3) is 0 Å². The highest BCUT2D eigenvalue weighted by atomic mass is 35.5. The number of benzene rings is 1. The van der Waals surface area contributed by atoms with Gasteiger partial charge in [-0.25, -0.2) is 0 Å². The molecule has 0 bridgehead atoms. The van der Waals surface area contributed by atoms with Crippen LogP contribution in [0.2, 0.25) is 5.02 Å². The predicted octanol–water partition coefficient (Wildman–Crippen LogP) is 2.40. The molecule has 0 aromatic heterocycles. The third-order valence-electron chi connectivity index (χ3n) is 4.46. The maximum atomic E-state index is 12.3. The van der Waals surface area contributed by atoms with Crippen molar-refractivity contribution in [3.8, 4) is 0 Å². The van der Waals surface area contributed by atoms with Gasteiger partial charge in [-0.1, -0.05) is 30.7 Å². The first kappa shape index (κ1) is 17.3. The standard InChI is InChI=1S/C17H26ClN3O/c1-13(12-19-3)17(22)21-10-8-20(9-11-21)14(2)15-4-6-16(18)7-5-15/h4-7,13-14,19H,8-12H2,1-3H3. The molecule has 1 aromatic carbocycles. The summed E-state index contributed by atoms with van der Waals surface area (Å²) in [5.74, 6) is 0.304. The Hall–Kier alpha value is -1.10. The lowest BCUT2D eigenvalue weighted by atomic mass is 10.1. The number of carbonyl (C=O) groups excluding carboxylic acids is 1. The maximum absolute atomic E-state index is 12.3. The second-order valence-electron chi connectivity index (χ2n) is 6.05. The molecule has 1 N–H and O–H groups in total. The van der Waals surface area contributed by atoms with Crippen molar-refractivity contribution in [2.24, 2.45) is 5.92 Å². The molecule has 1 aliphatic heterocycles. The van der Waals surface area contributed by atoms with Gasteiger partial charge in [-0.2, -0.15) is 0 Å². The molecule has 4 nitrogen and oxygen atoms in total. The molecular formula is C17H26ClN3O. The zero-order valence-electron chi connectivity index (χ0n) is 13.7. The average Bonchev–Trinajstić information content (AvgIpc) is 2.54. The quantitative estimate of drug-likeness (QED) is 0.904. The molecule has 0 saturated carbocycles. The molecule has 1 saturated heterocycles. The number of carbonyl (C=O) groups is 1. The van der Waals surface area contributed by atoms with Gasteiger partial charge in [-0.15, -0.1) is 0 Å². The number of hydrogen-bond donors (Lipinski definition) is 1. The van der Waals surface area contributed by atoms with E-state index in [1.165, 1.54) is 5.56 Å². The monoisotopic (exact) mass is 323 g/mol. The van der Waals surface area contributed by atoms with E-state index < -0.39 is 0 Å². The molecule has 2 rings (SSSR count). The van der Waals surface area contributed by atoms with E-state index in [4.69, 9.17) is 11.6 Å². The van der Waals surface area contributed by atoms with E-state index in [1.807, 2.05) is 31.0 Å². The molecule has 2 unspecified atom stereocenters. The van der Waals surface area contributed by atoms with Crippen LogP contribution in [0.1, 0.15) is 25.5 Å². The minimum absolute atomic E-state index is 0.0465. The van der Waals surface area contributed by atoms with Gasteiger partial charge in [0.1, 0.15) is 0 Å². The summed E-state index contributed by atoms with van der Waals surface area (Å²) in [7, 11) is 1.88. The summed E-state index contributed by atoms with van der Waals surface area (Å²) in [6.45, 7) is 8.39. The average molecular weight is 324 g/mol. The third-order valence-corrected chi connectivity index (χ3v) is 4.71. The number of rotatable bonds is 5. The lowest BCUT2D eigenvalue weighted by Gasteiger charge is -2.39. The summed E-state index contributed by atoms with van der Waals surface area (Å²) in [6, 6.07) is 8.39. The van der Waals surface area contributed by atoms with Crippen LogP contribution < -0.4 is 5.32 Å². The van der Waals surface area contributed by atoms with Crippen LogP contribution in [-0.2, 0) is 4.79 Å². The maximum Gasteiger partial charge on any atom is 0.226 e. The van der Waals surface area contributed by atoms with Crippen LogP contribution in [0.25, 0.3) is 0 Å². The van der Waals surface area contributed by atoms with Gasteiger partial charge in [0, 0.05) is 49.7 Å². The number of nitrogens with zero attached hydrogens (tertiary/aromatic N) is 2. The number of hydrogen-bond acceptors (Lipinski definition) is 3. The van der Waals surface area contributed by atoms with Gasteiger partial charge in [0.15, 0.2) is 0 Å². The summed E-state index contributed by atoms with van der Waals surface area (Å²) in [5.41, 5.74) is 1.27. The number of nitrogens with one attached hydrogen (secondary N) is 1. The highest BCUT2D eigenvalue weighted by Crippen LogP contribution is 2.23. The Kier molecular flexibility index (Phi) is 6.24. The van der Waals surface area contributed by atoms with Crippen molar-refractivity contribution >= 4 is 17.5 Å². The molecule has 1 aromatic rings. The molecular weight excluding hydrogens is 298 g/mol. The number of halogens is 1. The van der Waals surface area contributed by atoms with E-state index in [-0.39, 0.29) is 11.8 Å². The zero-order valence-corrected chi connectivity index (χ0v) is 14.4. The molecule has 22 heavy (non-hydrogen) atoms. The molecule has 1 amide bonds. The molecule has 0 spiro atoms. The Morgan fingerprint density at radius 1 is 1.18 bits per heavy atom. The zero-order chi connectivity index (χ0) is 16.1. The normalized spacial score (nSPS) is 19.0. The van der Waals surface area contributed by atoms with Crippen molar-refractivity contribution in [1.29, 1.82) is 0 Å². The second-order valence-corrected chi connectivity index (χ2v) is 6.48. The van der Waals surface area contributed by atoms with Crippen LogP contribution >= 0.6 is 11.6 Å². The number of amides is 1. The van der Waals surface area contributed by atoms with Crippen molar-refractivity contribution in [2.75, 3.05) is 39.8 Å². The van der Waals surface area contributed by atoms with E-state index in [0.29, 0.717) is 6.04 Å². The molecule has 1 heterocycles. The van der Waals surface area contributed by atoms with E-state index in [9.17, 15) is 4.79 Å². The first-order chi connectivity index (χ1) is 10.5. The Morgan fingerprint density at radius 2 is 1.77 bits per heavy atom. The Morgan fingerprint density at radius 3 is 2.32 bits per heavy atom. The van der Waals surface area contributed by atoms with Gasteiger partial charge in [0.2, 0.25) is 5.91 Å². The van der Waals surface area contributed by atoms with Gasteiger partial charge >= 0.3 is 0 Å². The SMILES string of the molecule is CNCC(C)C(=O)N1CCN(C(C)c2ccc(Cl)cc2)CC1. The van der Waals surface area contributed by atoms with Crippen molar-refractivity contribution < 1.29 is 4.79 Å². The lowest BCUT2D eigenvalue weighted by molar-refractivity contribution is -0.136. The highest BCUT2D eigenvalue weighted by Gasteiger charge is 2.26. The summed E-state index contributed by atoms with van der Waals surface area (Å²) < 4.78 is 0. The fourth-order valence-electron chi connectivity index (χ4n) is 2.99. The summed E-state index contributed by atoms with van der Waals surface area (Å²) in [4.78, 5) is 16.7. The molecule has 1 fully saturated rings. The van der Waals surface area contributed by atoms with Crippen molar-refractivity contribution in [3.05, 3.63) is 34.9 Å². The first-order valence-corrected chi connectivity index (χ1v) is 8.33. The van der Waals surface area contributed by atoms with E-state index in [0.717, 1.165) is 37.7 Å². The second kappa shape index (κ2) is 7.95. The Labute approximate surface area is 138 Å². The van der Waals surface area contributed by atoms with Gasteiger partial charge in [0.05, 0.1) is 0 Å². The minimum Gasteiger partial charge on any atom is -0.340 e. The molecule has 1 aliphatic rings. The highest BCUT2D eigenvalue weighted by molar-refractivity contribution is 6.30. The molecule has 5 heteroatoms. The van der Waals surface area contributed by atoms with Crippen LogP contribution in [0, 0.1) is 5.92 Å². The van der Waals surface area contributed by atoms with Crippen LogP contribution in [0.4, 0.5) is 0 Å².